The van der Waals surface area contributed by atoms with E-state index in [1.807, 2.05) is 0 Å². The normalized spacial score (nSPS) is 36.5. The van der Waals surface area contributed by atoms with Crippen molar-refractivity contribution in [3.63, 3.8) is 0 Å². The summed E-state index contributed by atoms with van der Waals surface area (Å²) in [5.74, 6) is 2.79. The highest BCUT2D eigenvalue weighted by Crippen LogP contribution is 2.55. The molecule has 5 nitrogen and oxygen atoms in total. The van der Waals surface area contributed by atoms with E-state index in [4.69, 9.17) is 11.1 Å². The minimum Gasteiger partial charge on any atom is -0.388 e. The van der Waals surface area contributed by atoms with Gasteiger partial charge >= 0.3 is 6.03 Å². The number of carbonyl (C=O) groups excluding carboxylic acids is 1. The van der Waals surface area contributed by atoms with Gasteiger partial charge in [-0.3, -0.25) is 5.41 Å². The lowest BCUT2D eigenvalue weighted by molar-refractivity contribution is -0.0135. The summed E-state index contributed by atoms with van der Waals surface area (Å²) in [5.41, 5.74) is 5.41. The second-order valence-corrected chi connectivity index (χ2v) is 7.56. The standard InChI is InChI=1S/C16H28N4O/c17-14(18)3-1-2-4-19-15(21)20-16-8-11-5-12(9-16)7-13(6-11)10-16/h11-13H,1-10H2,(H3,17,18)(H2,19,20,21). The van der Waals surface area contributed by atoms with E-state index in [9.17, 15) is 4.79 Å². The zero-order chi connectivity index (χ0) is 14.9. The quantitative estimate of drug-likeness (QED) is 0.344. The van der Waals surface area contributed by atoms with Crippen LogP contribution in [0.2, 0.25) is 0 Å². The molecular formula is C16H28N4O. The largest absolute Gasteiger partial charge is 0.388 e. The van der Waals surface area contributed by atoms with Crippen molar-refractivity contribution in [2.45, 2.75) is 63.3 Å². The average molecular weight is 292 g/mol. The number of hydrogen-bond donors (Lipinski definition) is 4. The Morgan fingerprint density at radius 2 is 1.67 bits per heavy atom. The van der Waals surface area contributed by atoms with E-state index in [1.165, 1.54) is 38.5 Å². The predicted molar refractivity (Wildman–Crippen MR) is 83.2 cm³/mol. The van der Waals surface area contributed by atoms with Crippen molar-refractivity contribution >= 4 is 11.9 Å². The Bertz CT molecular complexity index is 385. The summed E-state index contributed by atoms with van der Waals surface area (Å²) in [4.78, 5) is 12.1. The third-order valence-electron chi connectivity index (χ3n) is 5.58. The number of amides is 2. The Hall–Kier alpha value is -1.26. The van der Waals surface area contributed by atoms with E-state index < -0.39 is 0 Å². The maximum atomic E-state index is 12.1. The molecule has 0 aromatic rings. The van der Waals surface area contributed by atoms with Crippen LogP contribution in [0.5, 0.6) is 0 Å². The van der Waals surface area contributed by atoms with Gasteiger partial charge in [0, 0.05) is 18.5 Å². The van der Waals surface area contributed by atoms with Gasteiger partial charge in [-0.05, 0) is 69.1 Å². The van der Waals surface area contributed by atoms with Crippen molar-refractivity contribution in [3.8, 4) is 0 Å². The summed E-state index contributed by atoms with van der Waals surface area (Å²) in [6.45, 7) is 0.672. The molecule has 0 aromatic heterocycles. The number of carbonyl (C=O) groups is 1. The molecule has 0 aliphatic heterocycles. The number of rotatable bonds is 6. The molecule has 118 valence electrons. The summed E-state index contributed by atoms with van der Waals surface area (Å²) in [5, 5.41) is 13.4. The van der Waals surface area contributed by atoms with Crippen molar-refractivity contribution < 1.29 is 4.79 Å². The van der Waals surface area contributed by atoms with Crippen molar-refractivity contribution in [2.24, 2.45) is 23.5 Å². The van der Waals surface area contributed by atoms with Crippen LogP contribution in [0, 0.1) is 23.2 Å². The maximum absolute atomic E-state index is 12.1. The molecule has 0 saturated heterocycles. The van der Waals surface area contributed by atoms with E-state index in [-0.39, 0.29) is 17.4 Å². The van der Waals surface area contributed by atoms with E-state index in [0.717, 1.165) is 30.6 Å². The lowest BCUT2D eigenvalue weighted by atomic mass is 9.53. The molecule has 4 bridgehead atoms. The number of unbranched alkanes of at least 4 members (excludes halogenated alkanes) is 1. The SMILES string of the molecule is N=C(N)CCCCNC(=O)NC12CC3CC(CC(C3)C1)C2. The summed E-state index contributed by atoms with van der Waals surface area (Å²) >= 11 is 0. The van der Waals surface area contributed by atoms with Crippen molar-refractivity contribution in [1.82, 2.24) is 10.6 Å². The number of urea groups is 1. The summed E-state index contributed by atoms with van der Waals surface area (Å²) in [7, 11) is 0. The fraction of sp³-hybridized carbons (Fsp3) is 0.875. The molecule has 21 heavy (non-hydrogen) atoms. The van der Waals surface area contributed by atoms with Crippen LogP contribution in [0.4, 0.5) is 4.79 Å². The highest BCUT2D eigenvalue weighted by Gasteiger charge is 2.51. The van der Waals surface area contributed by atoms with Gasteiger partial charge in [0.25, 0.3) is 0 Å². The number of nitrogens with two attached hydrogens (primary N) is 1. The summed E-state index contributed by atoms with van der Waals surface area (Å²) < 4.78 is 0. The Kier molecular flexibility index (Phi) is 4.09. The smallest absolute Gasteiger partial charge is 0.315 e. The molecule has 4 aliphatic rings. The van der Waals surface area contributed by atoms with Crippen LogP contribution in [-0.2, 0) is 0 Å². The third-order valence-corrected chi connectivity index (χ3v) is 5.58. The minimum absolute atomic E-state index is 0.000208. The van der Waals surface area contributed by atoms with Crippen LogP contribution in [0.1, 0.15) is 57.8 Å². The van der Waals surface area contributed by atoms with Crippen LogP contribution >= 0.6 is 0 Å². The van der Waals surface area contributed by atoms with E-state index >= 15 is 0 Å². The van der Waals surface area contributed by atoms with E-state index in [2.05, 4.69) is 10.6 Å². The number of nitrogens with one attached hydrogen (secondary N) is 3. The first-order valence-corrected chi connectivity index (χ1v) is 8.43. The van der Waals surface area contributed by atoms with Crippen LogP contribution in [-0.4, -0.2) is 24.0 Å². The molecule has 4 saturated carbocycles. The lowest BCUT2D eigenvalue weighted by Crippen LogP contribution is -2.61. The molecule has 0 heterocycles. The van der Waals surface area contributed by atoms with Crippen LogP contribution in [0.25, 0.3) is 0 Å². The zero-order valence-electron chi connectivity index (χ0n) is 12.8. The topological polar surface area (TPSA) is 91.0 Å². The van der Waals surface area contributed by atoms with Crippen LogP contribution in [0.3, 0.4) is 0 Å². The first kappa shape index (κ1) is 14.7. The van der Waals surface area contributed by atoms with E-state index in [1.54, 1.807) is 0 Å². The Morgan fingerprint density at radius 3 is 2.19 bits per heavy atom. The van der Waals surface area contributed by atoms with Gasteiger partial charge in [-0.1, -0.05) is 0 Å². The van der Waals surface area contributed by atoms with Gasteiger partial charge in [0.2, 0.25) is 0 Å². The predicted octanol–water partition coefficient (Wildman–Crippen LogP) is 2.36. The Morgan fingerprint density at radius 1 is 1.10 bits per heavy atom. The van der Waals surface area contributed by atoms with Gasteiger partial charge in [0.1, 0.15) is 0 Å². The second kappa shape index (κ2) is 5.85. The molecule has 5 N–H and O–H groups in total. The fourth-order valence-corrected chi connectivity index (χ4v) is 5.19. The molecule has 0 radical (unpaired) electrons. The molecule has 5 heteroatoms. The number of amidine groups is 1. The molecule has 0 aromatic carbocycles. The van der Waals surface area contributed by atoms with Gasteiger partial charge in [-0.25, -0.2) is 4.79 Å². The highest BCUT2D eigenvalue weighted by molar-refractivity contribution is 5.76. The van der Waals surface area contributed by atoms with Gasteiger partial charge in [0.05, 0.1) is 5.84 Å². The fourth-order valence-electron chi connectivity index (χ4n) is 5.19. The summed E-state index contributed by atoms with van der Waals surface area (Å²) in [6, 6.07) is -0.000208. The third kappa shape index (κ3) is 3.50. The lowest BCUT2D eigenvalue weighted by Gasteiger charge is -2.56. The number of hydrogen-bond acceptors (Lipinski definition) is 2. The summed E-state index contributed by atoms with van der Waals surface area (Å²) in [6.07, 6.45) is 10.1. The molecule has 0 spiro atoms. The van der Waals surface area contributed by atoms with Crippen molar-refractivity contribution in [1.29, 1.82) is 5.41 Å². The van der Waals surface area contributed by atoms with Gasteiger partial charge in [0.15, 0.2) is 0 Å². The van der Waals surface area contributed by atoms with Gasteiger partial charge < -0.3 is 16.4 Å². The van der Waals surface area contributed by atoms with Gasteiger partial charge in [-0.2, -0.15) is 0 Å². The molecule has 4 fully saturated rings. The van der Waals surface area contributed by atoms with Crippen molar-refractivity contribution in [3.05, 3.63) is 0 Å². The molecule has 0 atom stereocenters. The maximum Gasteiger partial charge on any atom is 0.315 e. The van der Waals surface area contributed by atoms with Crippen molar-refractivity contribution in [2.75, 3.05) is 6.54 Å². The monoisotopic (exact) mass is 292 g/mol. The molecular weight excluding hydrogens is 264 g/mol. The van der Waals surface area contributed by atoms with Gasteiger partial charge in [-0.15, -0.1) is 0 Å². The first-order valence-electron chi connectivity index (χ1n) is 8.43. The zero-order valence-corrected chi connectivity index (χ0v) is 12.8. The Labute approximate surface area is 126 Å². The molecule has 4 rings (SSSR count). The minimum atomic E-state index is -0.000208. The van der Waals surface area contributed by atoms with Crippen LogP contribution < -0.4 is 16.4 Å². The first-order chi connectivity index (χ1) is 10.0. The average Bonchev–Trinajstić information content (AvgIpc) is 2.35. The van der Waals surface area contributed by atoms with E-state index in [0.29, 0.717) is 13.0 Å². The highest BCUT2D eigenvalue weighted by atomic mass is 16.2. The molecule has 2 amide bonds. The molecule has 4 aliphatic carbocycles. The second-order valence-electron chi connectivity index (χ2n) is 7.56. The molecule has 0 unspecified atom stereocenters. The van der Waals surface area contributed by atoms with Crippen LogP contribution in [0.15, 0.2) is 0 Å². The Balaban J connectivity index is 1.41.